The van der Waals surface area contributed by atoms with E-state index in [2.05, 4.69) is 72.5 Å². The first kappa shape index (κ1) is 30.2. The third kappa shape index (κ3) is 7.60. The number of carbonyl (C=O) groups is 2. The van der Waals surface area contributed by atoms with Gasteiger partial charge in [0.15, 0.2) is 28.4 Å². The minimum Gasteiger partial charge on any atom is -0.382 e. The molecule has 2 unspecified atom stereocenters. The van der Waals surface area contributed by atoms with Gasteiger partial charge in [0.05, 0.1) is 0 Å². The topological polar surface area (TPSA) is 169 Å². The molecule has 3 heterocycles. The Kier molecular flexibility index (Phi) is 9.73. The van der Waals surface area contributed by atoms with E-state index in [9.17, 15) is 9.59 Å². The van der Waals surface area contributed by atoms with E-state index < -0.39 is 5.91 Å². The number of amides is 2. The number of anilines is 2. The van der Waals surface area contributed by atoms with Crippen LogP contribution in [0.5, 0.6) is 0 Å². The zero-order chi connectivity index (χ0) is 30.3. The van der Waals surface area contributed by atoms with Crippen molar-refractivity contribution in [2.75, 3.05) is 18.0 Å². The number of rotatable bonds is 10. The summed E-state index contributed by atoms with van der Waals surface area (Å²) >= 11 is 5.86. The lowest BCUT2D eigenvalue weighted by Crippen LogP contribution is -2.51. The summed E-state index contributed by atoms with van der Waals surface area (Å²) in [4.78, 5) is 42.7. The first-order valence-corrected chi connectivity index (χ1v) is 15.0. The van der Waals surface area contributed by atoms with Gasteiger partial charge >= 0.3 is 0 Å². The van der Waals surface area contributed by atoms with Gasteiger partial charge in [-0.1, -0.05) is 72.3 Å². The fourth-order valence-corrected chi connectivity index (χ4v) is 6.28. The van der Waals surface area contributed by atoms with Crippen molar-refractivity contribution in [2.24, 2.45) is 10.7 Å². The monoisotopic (exact) mass is 603 g/mol. The first-order chi connectivity index (χ1) is 20.8. The highest BCUT2D eigenvalue weighted by Gasteiger charge is 2.43. The Balaban J connectivity index is 1.18. The molecule has 0 spiro atoms. The van der Waals surface area contributed by atoms with Crippen LogP contribution < -0.4 is 22.5 Å². The summed E-state index contributed by atoms with van der Waals surface area (Å²) in [5.41, 5.74) is 19.4. The molecular formula is C31H38ClN9O2. The van der Waals surface area contributed by atoms with Gasteiger partial charge in [-0.05, 0) is 43.2 Å². The molecule has 2 aliphatic rings. The van der Waals surface area contributed by atoms with E-state index in [1.54, 1.807) is 0 Å². The molecule has 5 rings (SSSR count). The van der Waals surface area contributed by atoms with Crippen LogP contribution in [0.4, 0.5) is 11.6 Å². The van der Waals surface area contributed by atoms with Crippen molar-refractivity contribution >= 4 is 41.0 Å². The lowest BCUT2D eigenvalue weighted by Gasteiger charge is -2.43. The van der Waals surface area contributed by atoms with Gasteiger partial charge in [-0.2, -0.15) is 0 Å². The van der Waals surface area contributed by atoms with Crippen LogP contribution in [0, 0.1) is 0 Å². The average Bonchev–Trinajstić information content (AvgIpc) is 3.22. The van der Waals surface area contributed by atoms with Crippen LogP contribution in [0.1, 0.15) is 60.1 Å². The Hall–Kier alpha value is -4.22. The highest BCUT2D eigenvalue weighted by Crippen LogP contribution is 2.39. The fourth-order valence-electron chi connectivity index (χ4n) is 6.15. The SMILES string of the molecule is NC(=NCCCC(=O)N(Cc1ccccc1)C1CC2CC[C@@H](C1)N2Cc1ccccc1)NC(=O)c1nc(Cl)c(N)nc1N. The summed E-state index contributed by atoms with van der Waals surface area (Å²) in [6.45, 7) is 1.80. The second-order valence-corrected chi connectivity index (χ2v) is 11.5. The number of carbonyl (C=O) groups excluding carboxylic acids is 2. The molecule has 43 heavy (non-hydrogen) atoms. The Morgan fingerprint density at radius 1 is 0.953 bits per heavy atom. The van der Waals surface area contributed by atoms with Crippen molar-refractivity contribution in [3.8, 4) is 0 Å². The molecule has 2 saturated heterocycles. The molecule has 0 radical (unpaired) electrons. The van der Waals surface area contributed by atoms with Crippen LogP contribution in [0.3, 0.4) is 0 Å². The van der Waals surface area contributed by atoms with Gasteiger partial charge in [-0.25, -0.2) is 9.97 Å². The van der Waals surface area contributed by atoms with Crippen molar-refractivity contribution in [2.45, 2.75) is 69.7 Å². The van der Waals surface area contributed by atoms with Crippen LogP contribution in [0.2, 0.25) is 5.15 Å². The van der Waals surface area contributed by atoms with Crippen LogP contribution in [-0.4, -0.2) is 62.2 Å². The van der Waals surface area contributed by atoms with Gasteiger partial charge < -0.3 is 22.1 Å². The maximum absolute atomic E-state index is 13.7. The van der Waals surface area contributed by atoms with E-state index in [0.717, 1.165) is 24.9 Å². The van der Waals surface area contributed by atoms with Crippen LogP contribution in [-0.2, 0) is 17.9 Å². The number of piperidine rings is 1. The van der Waals surface area contributed by atoms with Crippen molar-refractivity contribution in [3.63, 3.8) is 0 Å². The lowest BCUT2D eigenvalue weighted by atomic mass is 9.94. The minimum absolute atomic E-state index is 0.0753. The van der Waals surface area contributed by atoms with E-state index in [1.165, 1.54) is 18.4 Å². The highest BCUT2D eigenvalue weighted by atomic mass is 35.5. The predicted octanol–water partition coefficient (Wildman–Crippen LogP) is 3.34. The van der Waals surface area contributed by atoms with Gasteiger partial charge in [0.1, 0.15) is 0 Å². The van der Waals surface area contributed by atoms with Gasteiger partial charge in [-0.15, -0.1) is 0 Å². The third-order valence-corrected chi connectivity index (χ3v) is 8.49. The Labute approximate surface area is 256 Å². The molecule has 0 aliphatic carbocycles. The summed E-state index contributed by atoms with van der Waals surface area (Å²) in [7, 11) is 0. The molecule has 2 amide bonds. The smallest absolute Gasteiger partial charge is 0.280 e. The predicted molar refractivity (Wildman–Crippen MR) is 168 cm³/mol. The number of hydrogen-bond donors (Lipinski definition) is 4. The number of aromatic nitrogens is 2. The van der Waals surface area contributed by atoms with Crippen molar-refractivity contribution in [1.29, 1.82) is 0 Å². The number of benzene rings is 2. The minimum atomic E-state index is -0.702. The van der Waals surface area contributed by atoms with E-state index in [-0.39, 0.29) is 46.9 Å². The zero-order valence-electron chi connectivity index (χ0n) is 24.0. The lowest BCUT2D eigenvalue weighted by molar-refractivity contribution is -0.136. The quantitative estimate of drug-likeness (QED) is 0.155. The number of hydrogen-bond acceptors (Lipinski definition) is 8. The van der Waals surface area contributed by atoms with Crippen molar-refractivity contribution in [1.82, 2.24) is 25.1 Å². The maximum Gasteiger partial charge on any atom is 0.280 e. The number of nitrogen functional groups attached to an aromatic ring is 2. The third-order valence-electron chi connectivity index (χ3n) is 8.22. The molecule has 3 aromatic rings. The Bertz CT molecular complexity index is 1440. The summed E-state index contributed by atoms with van der Waals surface area (Å²) in [6.07, 6.45) is 5.08. The second kappa shape index (κ2) is 13.8. The molecule has 3 atom stereocenters. The molecule has 2 aliphatic heterocycles. The molecule has 12 heteroatoms. The average molecular weight is 604 g/mol. The number of nitrogens with two attached hydrogens (primary N) is 3. The van der Waals surface area contributed by atoms with Crippen LogP contribution in [0.15, 0.2) is 65.7 Å². The zero-order valence-corrected chi connectivity index (χ0v) is 24.8. The van der Waals surface area contributed by atoms with E-state index in [0.29, 0.717) is 31.5 Å². The molecule has 7 N–H and O–H groups in total. The summed E-state index contributed by atoms with van der Waals surface area (Å²) in [5.74, 6) is -0.965. The maximum atomic E-state index is 13.7. The van der Waals surface area contributed by atoms with Gasteiger partial charge in [0, 0.05) is 44.2 Å². The molecule has 11 nitrogen and oxygen atoms in total. The number of guanidine groups is 1. The van der Waals surface area contributed by atoms with Gasteiger partial charge in [-0.3, -0.25) is 24.8 Å². The Morgan fingerprint density at radius 3 is 2.23 bits per heavy atom. The molecule has 226 valence electrons. The molecule has 1 aromatic heterocycles. The van der Waals surface area contributed by atoms with Crippen LogP contribution >= 0.6 is 11.6 Å². The molecule has 2 fully saturated rings. The van der Waals surface area contributed by atoms with E-state index in [1.807, 2.05) is 18.2 Å². The largest absolute Gasteiger partial charge is 0.382 e. The number of fused-ring (bicyclic) bond motifs is 2. The van der Waals surface area contributed by atoms with Gasteiger partial charge in [0.25, 0.3) is 5.91 Å². The normalized spacial score (nSPS) is 20.1. The highest BCUT2D eigenvalue weighted by molar-refractivity contribution is 6.31. The summed E-state index contributed by atoms with van der Waals surface area (Å²) < 4.78 is 0. The number of nitrogens with one attached hydrogen (secondary N) is 1. The van der Waals surface area contributed by atoms with Gasteiger partial charge in [0.2, 0.25) is 5.91 Å². The van der Waals surface area contributed by atoms with E-state index in [4.69, 9.17) is 28.8 Å². The van der Waals surface area contributed by atoms with E-state index >= 15 is 0 Å². The Morgan fingerprint density at radius 2 is 1.58 bits per heavy atom. The van der Waals surface area contributed by atoms with Crippen molar-refractivity contribution < 1.29 is 9.59 Å². The number of aliphatic imine (C=N–C) groups is 1. The second-order valence-electron chi connectivity index (χ2n) is 11.1. The molecular weight excluding hydrogens is 566 g/mol. The summed E-state index contributed by atoms with van der Waals surface area (Å²) in [6, 6.07) is 21.9. The van der Waals surface area contributed by atoms with Crippen LogP contribution in [0.25, 0.3) is 0 Å². The molecule has 2 aromatic carbocycles. The first-order valence-electron chi connectivity index (χ1n) is 14.6. The standard InChI is InChI=1S/C31H38ClN9O2/c32-27-29(34)38-28(33)26(37-27)30(43)39-31(35)36-15-7-12-25(42)41(19-21-10-5-2-6-11-21)24-16-22-13-14-23(17-24)40(22)18-20-8-3-1-4-9-20/h1-6,8-11,22-24H,7,12-19H2,(H4,33,34,38)(H3,35,36,39,43)/t22-,23?,24?/m0/s1. The fraction of sp³-hybridized carbons (Fsp3) is 0.387. The number of nitrogens with zero attached hydrogens (tertiary/aromatic N) is 5. The number of halogens is 1. The molecule has 0 saturated carbocycles. The summed E-state index contributed by atoms with van der Waals surface area (Å²) in [5, 5.41) is 2.29. The molecule has 2 bridgehead atoms. The van der Waals surface area contributed by atoms with Crippen molar-refractivity contribution in [3.05, 3.63) is 82.6 Å².